The Hall–Kier alpha value is -1.30. The van der Waals surface area contributed by atoms with Crippen molar-refractivity contribution < 1.29 is 9.53 Å². The molecule has 112 valence electrons. The minimum absolute atomic E-state index is 0.0293. The molecule has 20 heavy (non-hydrogen) atoms. The number of ether oxygens (including phenoxy) is 1. The number of fused-ring (bicyclic) bond motifs is 1. The molecule has 2 atom stereocenters. The van der Waals surface area contributed by atoms with Gasteiger partial charge >= 0.3 is 6.09 Å². The highest BCUT2D eigenvalue weighted by atomic mass is 32.1. The van der Waals surface area contributed by atoms with E-state index in [1.165, 1.54) is 11.3 Å². The normalized spacial score (nSPS) is 19.9. The second-order valence-corrected chi connectivity index (χ2v) is 7.41. The third kappa shape index (κ3) is 2.90. The van der Waals surface area contributed by atoms with Crippen LogP contribution in [0.25, 0.3) is 0 Å². The van der Waals surface area contributed by atoms with E-state index < -0.39 is 5.60 Å². The molecule has 0 fully saturated rings. The zero-order valence-corrected chi connectivity index (χ0v) is 13.6. The highest BCUT2D eigenvalue weighted by Crippen LogP contribution is 2.43. The molecule has 0 spiro atoms. The van der Waals surface area contributed by atoms with Crippen molar-refractivity contribution in [1.82, 2.24) is 9.88 Å². The molecule has 0 aliphatic carbocycles. The first-order valence-corrected chi connectivity index (χ1v) is 7.79. The number of nitrogen functional groups attached to an aromatic ring is 1. The van der Waals surface area contributed by atoms with Crippen LogP contribution in [0.1, 0.15) is 57.7 Å². The summed E-state index contributed by atoms with van der Waals surface area (Å²) < 4.78 is 5.51. The standard InChI is InChI=1S/C14H23N3O2S/c1-6-8(2)11-10-9(20-12(15)16-10)7-17(11)13(18)19-14(3,4)5/h8,11H,6-7H2,1-5H3,(H2,15,16). The summed E-state index contributed by atoms with van der Waals surface area (Å²) in [6.45, 7) is 10.4. The number of hydrogen-bond acceptors (Lipinski definition) is 5. The minimum Gasteiger partial charge on any atom is -0.444 e. The topological polar surface area (TPSA) is 68.5 Å². The van der Waals surface area contributed by atoms with Gasteiger partial charge in [0.2, 0.25) is 0 Å². The van der Waals surface area contributed by atoms with Crippen LogP contribution in [-0.2, 0) is 11.3 Å². The van der Waals surface area contributed by atoms with Gasteiger partial charge in [-0.3, -0.25) is 4.90 Å². The van der Waals surface area contributed by atoms with Crippen molar-refractivity contribution in [2.24, 2.45) is 5.92 Å². The van der Waals surface area contributed by atoms with Crippen LogP contribution in [-0.4, -0.2) is 21.6 Å². The van der Waals surface area contributed by atoms with Gasteiger partial charge in [0, 0.05) is 0 Å². The molecule has 1 aromatic rings. The average molecular weight is 297 g/mol. The van der Waals surface area contributed by atoms with Gasteiger partial charge in [0.05, 0.1) is 23.2 Å². The molecular weight excluding hydrogens is 274 g/mol. The first kappa shape index (κ1) is 15.1. The van der Waals surface area contributed by atoms with Gasteiger partial charge in [0.1, 0.15) is 5.60 Å². The van der Waals surface area contributed by atoms with Crippen LogP contribution < -0.4 is 5.73 Å². The molecule has 2 unspecified atom stereocenters. The van der Waals surface area contributed by atoms with Crippen LogP contribution in [0.15, 0.2) is 0 Å². The lowest BCUT2D eigenvalue weighted by molar-refractivity contribution is 0.0114. The predicted molar refractivity (Wildman–Crippen MR) is 80.5 cm³/mol. The maximum absolute atomic E-state index is 12.4. The monoisotopic (exact) mass is 297 g/mol. The molecule has 0 radical (unpaired) electrons. The summed E-state index contributed by atoms with van der Waals surface area (Å²) in [6.07, 6.45) is 0.701. The first-order chi connectivity index (χ1) is 9.23. The molecular formula is C14H23N3O2S. The number of hydrogen-bond donors (Lipinski definition) is 1. The lowest BCUT2D eigenvalue weighted by atomic mass is 9.97. The molecule has 0 aromatic carbocycles. The molecule has 2 heterocycles. The summed E-state index contributed by atoms with van der Waals surface area (Å²) in [7, 11) is 0. The zero-order valence-electron chi connectivity index (χ0n) is 12.8. The Labute approximate surface area is 124 Å². The Morgan fingerprint density at radius 3 is 2.80 bits per heavy atom. The first-order valence-electron chi connectivity index (χ1n) is 6.97. The lowest BCUT2D eigenvalue weighted by Gasteiger charge is -2.31. The molecule has 0 saturated carbocycles. The molecule has 1 aliphatic rings. The molecule has 0 saturated heterocycles. The van der Waals surface area contributed by atoms with Crippen molar-refractivity contribution in [3.63, 3.8) is 0 Å². The van der Waals surface area contributed by atoms with Crippen molar-refractivity contribution in [1.29, 1.82) is 0 Å². The fourth-order valence-corrected chi connectivity index (χ4v) is 3.30. The second-order valence-electron chi connectivity index (χ2n) is 6.30. The summed E-state index contributed by atoms with van der Waals surface area (Å²) in [5.41, 5.74) is 6.25. The van der Waals surface area contributed by atoms with Gasteiger partial charge in [-0.15, -0.1) is 11.3 Å². The summed E-state index contributed by atoms with van der Waals surface area (Å²) in [5.74, 6) is 0.324. The number of rotatable bonds is 2. The summed E-state index contributed by atoms with van der Waals surface area (Å²) in [4.78, 5) is 19.7. The molecule has 5 nitrogen and oxygen atoms in total. The molecule has 1 aliphatic heterocycles. The molecule has 2 rings (SSSR count). The summed E-state index contributed by atoms with van der Waals surface area (Å²) in [5, 5.41) is 0.576. The van der Waals surface area contributed by atoms with Crippen molar-refractivity contribution in [2.75, 3.05) is 5.73 Å². The fraction of sp³-hybridized carbons (Fsp3) is 0.714. The van der Waals surface area contributed by atoms with E-state index in [4.69, 9.17) is 10.5 Å². The van der Waals surface area contributed by atoms with E-state index in [1.54, 1.807) is 4.90 Å². The van der Waals surface area contributed by atoms with Crippen LogP contribution >= 0.6 is 11.3 Å². The SMILES string of the molecule is CCC(C)C1c2nc(N)sc2CN1C(=O)OC(C)(C)C. The van der Waals surface area contributed by atoms with Gasteiger partial charge in [-0.2, -0.15) is 0 Å². The number of aromatic nitrogens is 1. The van der Waals surface area contributed by atoms with E-state index in [1.807, 2.05) is 20.8 Å². The Bertz CT molecular complexity index is 507. The van der Waals surface area contributed by atoms with Crippen molar-refractivity contribution in [3.05, 3.63) is 10.6 Å². The highest BCUT2D eigenvalue weighted by Gasteiger charge is 2.41. The van der Waals surface area contributed by atoms with Crippen molar-refractivity contribution in [3.8, 4) is 0 Å². The van der Waals surface area contributed by atoms with Crippen LogP contribution in [0.3, 0.4) is 0 Å². The van der Waals surface area contributed by atoms with E-state index in [9.17, 15) is 4.79 Å². The Morgan fingerprint density at radius 1 is 1.60 bits per heavy atom. The van der Waals surface area contributed by atoms with E-state index in [0.717, 1.165) is 17.0 Å². The lowest BCUT2D eigenvalue weighted by Crippen LogP contribution is -2.37. The van der Waals surface area contributed by atoms with E-state index in [2.05, 4.69) is 18.8 Å². The van der Waals surface area contributed by atoms with E-state index in [0.29, 0.717) is 17.6 Å². The maximum Gasteiger partial charge on any atom is 0.411 e. The molecule has 1 aromatic heterocycles. The molecule has 1 amide bonds. The quantitative estimate of drug-likeness (QED) is 0.906. The number of nitrogens with two attached hydrogens (primary N) is 1. The molecule has 6 heteroatoms. The number of carbonyl (C=O) groups excluding carboxylic acids is 1. The zero-order chi connectivity index (χ0) is 15.1. The molecule has 2 N–H and O–H groups in total. The van der Waals surface area contributed by atoms with Gasteiger partial charge in [-0.25, -0.2) is 9.78 Å². The summed E-state index contributed by atoms with van der Waals surface area (Å²) >= 11 is 1.46. The smallest absolute Gasteiger partial charge is 0.411 e. The average Bonchev–Trinajstić information content (AvgIpc) is 2.81. The third-order valence-electron chi connectivity index (χ3n) is 3.48. The number of nitrogens with zero attached hydrogens (tertiary/aromatic N) is 2. The van der Waals surface area contributed by atoms with Crippen LogP contribution in [0.2, 0.25) is 0 Å². The largest absolute Gasteiger partial charge is 0.444 e. The summed E-state index contributed by atoms with van der Waals surface area (Å²) in [6, 6.07) is -0.0293. The van der Waals surface area contributed by atoms with Gasteiger partial charge in [0.25, 0.3) is 0 Å². The molecule has 0 bridgehead atoms. The third-order valence-corrected chi connectivity index (χ3v) is 4.37. The van der Waals surface area contributed by atoms with Gasteiger partial charge < -0.3 is 10.5 Å². The van der Waals surface area contributed by atoms with E-state index >= 15 is 0 Å². The number of carbonyl (C=O) groups is 1. The Morgan fingerprint density at radius 2 is 2.25 bits per heavy atom. The van der Waals surface area contributed by atoms with Crippen LogP contribution in [0.4, 0.5) is 9.93 Å². The number of anilines is 1. The van der Waals surface area contributed by atoms with Crippen molar-refractivity contribution in [2.45, 2.75) is 59.2 Å². The highest BCUT2D eigenvalue weighted by molar-refractivity contribution is 7.15. The minimum atomic E-state index is -0.487. The van der Waals surface area contributed by atoms with Crippen LogP contribution in [0.5, 0.6) is 0 Å². The second kappa shape index (κ2) is 5.24. The maximum atomic E-state index is 12.4. The van der Waals surface area contributed by atoms with Crippen molar-refractivity contribution >= 4 is 22.6 Å². The fourth-order valence-electron chi connectivity index (χ4n) is 2.43. The Balaban J connectivity index is 2.26. The number of amides is 1. The van der Waals surface area contributed by atoms with Gasteiger partial charge in [0.15, 0.2) is 5.13 Å². The predicted octanol–water partition coefficient (Wildman–Crippen LogP) is 3.56. The van der Waals surface area contributed by atoms with Gasteiger partial charge in [-0.05, 0) is 26.7 Å². The van der Waals surface area contributed by atoms with E-state index in [-0.39, 0.29) is 12.1 Å². The van der Waals surface area contributed by atoms with Crippen LogP contribution in [0, 0.1) is 5.92 Å². The van der Waals surface area contributed by atoms with Gasteiger partial charge in [-0.1, -0.05) is 20.3 Å². The Kier molecular flexibility index (Phi) is 3.95. The number of thiazole rings is 1.